The second-order valence-electron chi connectivity index (χ2n) is 9.80. The van der Waals surface area contributed by atoms with Crippen LogP contribution in [0.5, 0.6) is 0 Å². The number of nitrogens with zero attached hydrogens (tertiary/aromatic N) is 3. The number of hydrogen-bond donors (Lipinski definition) is 2. The van der Waals surface area contributed by atoms with Crippen molar-refractivity contribution in [2.75, 3.05) is 19.7 Å². The Morgan fingerprint density at radius 1 is 1.22 bits per heavy atom. The maximum atomic E-state index is 13.5. The molecule has 0 saturated heterocycles. The van der Waals surface area contributed by atoms with E-state index in [-0.39, 0.29) is 35.7 Å². The minimum atomic E-state index is -2.74. The number of ether oxygens (including phenoxy) is 1. The molecule has 2 atom stereocenters. The summed E-state index contributed by atoms with van der Waals surface area (Å²) >= 11 is 6.52. The van der Waals surface area contributed by atoms with Crippen LogP contribution in [0.2, 0.25) is 5.02 Å². The molecule has 2 N–H and O–H groups in total. The third-order valence-electron chi connectivity index (χ3n) is 7.08. The number of hydrogen-bond acceptors (Lipinski definition) is 6. The molecule has 0 saturated carbocycles. The van der Waals surface area contributed by atoms with Gasteiger partial charge < -0.3 is 20.3 Å². The second-order valence-corrected chi connectivity index (χ2v) is 10.2. The van der Waals surface area contributed by atoms with Crippen molar-refractivity contribution >= 4 is 29.3 Å². The summed E-state index contributed by atoms with van der Waals surface area (Å²) in [4.78, 5) is 47.3. The predicted molar refractivity (Wildman–Crippen MR) is 151 cm³/mol. The molecule has 0 aliphatic carbocycles. The molecular formula is C29H34ClF2N5O4. The van der Waals surface area contributed by atoms with E-state index in [9.17, 15) is 23.2 Å². The minimum absolute atomic E-state index is 0.145. The lowest BCUT2D eigenvalue weighted by molar-refractivity contribution is -0.118. The number of fused-ring (bicyclic) bond motifs is 1. The van der Waals surface area contributed by atoms with Gasteiger partial charge in [0.2, 0.25) is 5.91 Å². The molecule has 41 heavy (non-hydrogen) atoms. The third kappa shape index (κ3) is 7.15. The van der Waals surface area contributed by atoms with E-state index in [1.165, 1.54) is 13.1 Å². The maximum Gasteiger partial charge on any atom is 0.270 e. The molecule has 3 heterocycles. The maximum absolute atomic E-state index is 13.5. The van der Waals surface area contributed by atoms with Crippen molar-refractivity contribution < 1.29 is 27.9 Å². The zero-order chi connectivity index (χ0) is 30.3. The lowest BCUT2D eigenvalue weighted by Gasteiger charge is -2.28. The molecule has 0 radical (unpaired) electrons. The quantitative estimate of drug-likeness (QED) is 0.242. The lowest BCUT2D eigenvalue weighted by atomic mass is 9.90. The normalized spacial score (nSPS) is 14.4. The highest BCUT2D eigenvalue weighted by molar-refractivity contribution is 6.31. The van der Waals surface area contributed by atoms with E-state index >= 15 is 0 Å². The molecule has 0 aromatic carbocycles. The Labute approximate surface area is 243 Å². The summed E-state index contributed by atoms with van der Waals surface area (Å²) in [6.07, 6.45) is 2.31. The van der Waals surface area contributed by atoms with Crippen LogP contribution in [0.25, 0.3) is 0 Å². The largest absolute Gasteiger partial charge is 0.371 e. The predicted octanol–water partition coefficient (Wildman–Crippen LogP) is 4.80. The summed E-state index contributed by atoms with van der Waals surface area (Å²) in [7, 11) is 0. The Hall–Kier alpha value is -3.70. The van der Waals surface area contributed by atoms with Crippen molar-refractivity contribution in [3.63, 3.8) is 0 Å². The number of halogens is 3. The zero-order valence-electron chi connectivity index (χ0n) is 23.3. The average molecular weight is 590 g/mol. The van der Waals surface area contributed by atoms with Crippen LogP contribution in [0, 0.1) is 5.41 Å². The van der Waals surface area contributed by atoms with Gasteiger partial charge in [-0.3, -0.25) is 24.4 Å². The van der Waals surface area contributed by atoms with Crippen molar-refractivity contribution in [1.82, 2.24) is 25.5 Å². The van der Waals surface area contributed by atoms with Crippen molar-refractivity contribution in [2.45, 2.75) is 52.3 Å². The zero-order valence-corrected chi connectivity index (χ0v) is 24.0. The molecule has 220 valence electrons. The van der Waals surface area contributed by atoms with Crippen LogP contribution in [0.15, 0.2) is 49.8 Å². The summed E-state index contributed by atoms with van der Waals surface area (Å²) < 4.78 is 32.8. The molecule has 1 aliphatic rings. The van der Waals surface area contributed by atoms with Crippen molar-refractivity contribution in [2.24, 2.45) is 5.41 Å². The number of alkyl halides is 2. The number of rotatable bonds is 14. The van der Waals surface area contributed by atoms with Crippen LogP contribution in [-0.2, 0) is 16.1 Å². The first kappa shape index (κ1) is 31.8. The van der Waals surface area contributed by atoms with Gasteiger partial charge in [-0.1, -0.05) is 23.8 Å². The van der Waals surface area contributed by atoms with Gasteiger partial charge in [0, 0.05) is 50.1 Å². The highest BCUT2D eigenvalue weighted by atomic mass is 35.5. The van der Waals surface area contributed by atoms with Crippen molar-refractivity contribution in [3.8, 4) is 0 Å². The van der Waals surface area contributed by atoms with E-state index in [0.29, 0.717) is 41.9 Å². The van der Waals surface area contributed by atoms with E-state index < -0.39 is 29.9 Å². The SMILES string of the molecule is C=CC(C=C)(COC(C)c1ncc(C(C)N2Cc3c(ccnc3C(=O)NCCCNC(C)=O)C2=O)cc1Cl)C(F)F. The molecule has 0 fully saturated rings. The number of pyridine rings is 2. The Balaban J connectivity index is 1.70. The van der Waals surface area contributed by atoms with Crippen LogP contribution >= 0.6 is 11.6 Å². The van der Waals surface area contributed by atoms with Crippen molar-refractivity contribution in [1.29, 1.82) is 0 Å². The third-order valence-corrected chi connectivity index (χ3v) is 7.38. The average Bonchev–Trinajstić information content (AvgIpc) is 3.28. The summed E-state index contributed by atoms with van der Waals surface area (Å²) in [5, 5.41) is 5.69. The van der Waals surface area contributed by atoms with Crippen LogP contribution in [0.1, 0.15) is 77.0 Å². The molecule has 12 heteroatoms. The van der Waals surface area contributed by atoms with Gasteiger partial charge in [-0.15, -0.1) is 13.2 Å². The van der Waals surface area contributed by atoms with E-state index in [4.69, 9.17) is 16.3 Å². The van der Waals surface area contributed by atoms with Crippen LogP contribution in [-0.4, -0.2) is 58.7 Å². The van der Waals surface area contributed by atoms with E-state index in [1.807, 2.05) is 6.92 Å². The van der Waals surface area contributed by atoms with Gasteiger partial charge in [-0.2, -0.15) is 0 Å². The molecule has 0 bridgehead atoms. The Morgan fingerprint density at radius 3 is 2.51 bits per heavy atom. The van der Waals surface area contributed by atoms with E-state index in [1.54, 1.807) is 30.2 Å². The lowest BCUT2D eigenvalue weighted by Crippen LogP contribution is -2.31. The molecule has 0 spiro atoms. The Morgan fingerprint density at radius 2 is 1.90 bits per heavy atom. The minimum Gasteiger partial charge on any atom is -0.371 e. The number of carbonyl (C=O) groups is 3. The number of carbonyl (C=O) groups excluding carboxylic acids is 3. The summed E-state index contributed by atoms with van der Waals surface area (Å²) in [5.74, 6) is -0.809. The van der Waals surface area contributed by atoms with Gasteiger partial charge in [0.25, 0.3) is 18.2 Å². The fourth-order valence-corrected chi connectivity index (χ4v) is 4.69. The van der Waals surface area contributed by atoms with Gasteiger partial charge in [0.15, 0.2) is 0 Å². The number of nitrogens with one attached hydrogen (secondary N) is 2. The summed E-state index contributed by atoms with van der Waals surface area (Å²) in [6.45, 7) is 12.4. The molecule has 3 amide bonds. The smallest absolute Gasteiger partial charge is 0.270 e. The van der Waals surface area contributed by atoms with Gasteiger partial charge in [-0.05, 0) is 38.0 Å². The fourth-order valence-electron chi connectivity index (χ4n) is 4.36. The van der Waals surface area contributed by atoms with Crippen LogP contribution in [0.4, 0.5) is 8.78 Å². The monoisotopic (exact) mass is 589 g/mol. The second kappa shape index (κ2) is 13.8. The molecule has 9 nitrogen and oxygen atoms in total. The molecule has 2 unspecified atom stereocenters. The molecule has 2 aromatic rings. The first-order chi connectivity index (χ1) is 19.5. The number of aromatic nitrogens is 2. The highest BCUT2D eigenvalue weighted by Gasteiger charge is 2.36. The molecule has 1 aliphatic heterocycles. The summed E-state index contributed by atoms with van der Waals surface area (Å²) in [6, 6.07) is 2.79. The Kier molecular flexibility index (Phi) is 10.7. The first-order valence-electron chi connectivity index (χ1n) is 13.1. The fraction of sp³-hybridized carbons (Fsp3) is 0.414. The van der Waals surface area contributed by atoms with Crippen molar-refractivity contribution in [3.05, 3.63) is 82.9 Å². The molecular weight excluding hydrogens is 556 g/mol. The first-order valence-corrected chi connectivity index (χ1v) is 13.5. The van der Waals surface area contributed by atoms with Crippen LogP contribution in [0.3, 0.4) is 0 Å². The standard InChI is InChI=1S/C29H34ClF2N5O4/c1-6-29(7-2,28(31)32)16-41-18(4)24-23(30)13-20(14-36-24)17(3)37-15-22-21(27(37)40)9-12-34-25(22)26(39)35-11-8-10-33-19(5)38/h6-7,9,12-14,17-18,28H,1-2,8,10-11,15-16H2,3-5H3,(H,33,38)(H,35,39). The van der Waals surface area contributed by atoms with Gasteiger partial charge in [0.1, 0.15) is 5.69 Å². The topological polar surface area (TPSA) is 114 Å². The Bertz CT molecular complexity index is 1310. The van der Waals surface area contributed by atoms with Crippen LogP contribution < -0.4 is 10.6 Å². The van der Waals surface area contributed by atoms with Gasteiger partial charge >= 0.3 is 0 Å². The number of amides is 3. The molecule has 2 aromatic heterocycles. The summed E-state index contributed by atoms with van der Waals surface area (Å²) in [5.41, 5.74) is 0.381. The highest BCUT2D eigenvalue weighted by Crippen LogP contribution is 2.35. The molecule has 3 rings (SSSR count). The van der Waals surface area contributed by atoms with E-state index in [2.05, 4.69) is 33.8 Å². The van der Waals surface area contributed by atoms with Gasteiger partial charge in [0.05, 0.1) is 34.9 Å². The van der Waals surface area contributed by atoms with Gasteiger partial charge in [-0.25, -0.2) is 8.78 Å². The van der Waals surface area contributed by atoms with E-state index in [0.717, 1.165) is 12.2 Å².